The summed E-state index contributed by atoms with van der Waals surface area (Å²) < 4.78 is 0. The molecular weight excluding hydrogens is 258 g/mol. The Morgan fingerprint density at radius 2 is 2.11 bits per heavy atom. The van der Waals surface area contributed by atoms with Crippen LogP contribution in [-0.2, 0) is 13.0 Å². The van der Waals surface area contributed by atoms with E-state index in [2.05, 4.69) is 27.3 Å². The van der Waals surface area contributed by atoms with Crippen LogP contribution >= 0.6 is 11.6 Å². The van der Waals surface area contributed by atoms with Crippen molar-refractivity contribution in [3.63, 3.8) is 0 Å². The lowest BCUT2D eigenvalue weighted by Crippen LogP contribution is -2.35. The van der Waals surface area contributed by atoms with Gasteiger partial charge in [0.2, 0.25) is 0 Å². The van der Waals surface area contributed by atoms with E-state index < -0.39 is 0 Å². The van der Waals surface area contributed by atoms with Gasteiger partial charge in [0.05, 0.1) is 6.67 Å². The standard InChI is InChI=1S/C15H16ClN3/c16-14-6-2-1-4-12(14)7-9-19-10-13-5-3-8-17-15(13)18-11-19/h1-6,8H,7,9-11H2,(H,17,18). The maximum Gasteiger partial charge on any atom is 0.131 e. The van der Waals surface area contributed by atoms with Crippen LogP contribution in [-0.4, -0.2) is 23.1 Å². The molecule has 98 valence electrons. The lowest BCUT2D eigenvalue weighted by atomic mass is 10.1. The molecule has 2 heterocycles. The van der Waals surface area contributed by atoms with Crippen LogP contribution in [0.3, 0.4) is 0 Å². The number of hydrogen-bond donors (Lipinski definition) is 1. The molecule has 4 heteroatoms. The second kappa shape index (κ2) is 5.59. The fourth-order valence-electron chi connectivity index (χ4n) is 2.35. The first-order valence-corrected chi connectivity index (χ1v) is 6.84. The topological polar surface area (TPSA) is 28.2 Å². The Balaban J connectivity index is 1.62. The first-order valence-electron chi connectivity index (χ1n) is 6.46. The summed E-state index contributed by atoms with van der Waals surface area (Å²) in [5.41, 5.74) is 2.47. The van der Waals surface area contributed by atoms with Gasteiger partial charge in [-0.25, -0.2) is 4.98 Å². The Kier molecular flexibility index (Phi) is 3.67. The largest absolute Gasteiger partial charge is 0.357 e. The lowest BCUT2D eigenvalue weighted by molar-refractivity contribution is 0.278. The summed E-state index contributed by atoms with van der Waals surface area (Å²) in [5.74, 6) is 1.01. The zero-order valence-corrected chi connectivity index (χ0v) is 11.4. The molecular formula is C15H16ClN3. The molecule has 1 N–H and O–H groups in total. The van der Waals surface area contributed by atoms with Gasteiger partial charge in [0.15, 0.2) is 0 Å². The van der Waals surface area contributed by atoms with Gasteiger partial charge in [-0.2, -0.15) is 0 Å². The highest BCUT2D eigenvalue weighted by Crippen LogP contribution is 2.20. The first-order chi connectivity index (χ1) is 9.33. The molecule has 3 rings (SSSR count). The Hall–Kier alpha value is -1.58. The average molecular weight is 274 g/mol. The number of nitrogens with one attached hydrogen (secondary N) is 1. The van der Waals surface area contributed by atoms with Crippen molar-refractivity contribution in [3.05, 3.63) is 58.7 Å². The van der Waals surface area contributed by atoms with Crippen molar-refractivity contribution in [3.8, 4) is 0 Å². The second-order valence-electron chi connectivity index (χ2n) is 4.74. The number of halogens is 1. The fraction of sp³-hybridized carbons (Fsp3) is 0.267. The van der Waals surface area contributed by atoms with E-state index in [1.54, 1.807) is 0 Å². The Morgan fingerprint density at radius 3 is 3.00 bits per heavy atom. The zero-order chi connectivity index (χ0) is 13.1. The highest BCUT2D eigenvalue weighted by molar-refractivity contribution is 6.31. The zero-order valence-electron chi connectivity index (χ0n) is 10.6. The highest BCUT2D eigenvalue weighted by Gasteiger charge is 2.15. The monoisotopic (exact) mass is 273 g/mol. The Labute approximate surface area is 118 Å². The molecule has 1 aromatic heterocycles. The Bertz CT molecular complexity index is 571. The van der Waals surface area contributed by atoms with Gasteiger partial charge in [0, 0.05) is 29.9 Å². The van der Waals surface area contributed by atoms with Crippen LogP contribution < -0.4 is 5.32 Å². The van der Waals surface area contributed by atoms with Gasteiger partial charge in [-0.15, -0.1) is 0 Å². The third kappa shape index (κ3) is 2.88. The summed E-state index contributed by atoms with van der Waals surface area (Å²) in [5, 5.41) is 4.20. The van der Waals surface area contributed by atoms with Gasteiger partial charge in [0.1, 0.15) is 5.82 Å². The molecule has 2 aromatic rings. The van der Waals surface area contributed by atoms with Crippen molar-refractivity contribution in [2.24, 2.45) is 0 Å². The van der Waals surface area contributed by atoms with E-state index in [0.717, 1.165) is 37.0 Å². The summed E-state index contributed by atoms with van der Waals surface area (Å²) in [6.07, 6.45) is 2.79. The predicted molar refractivity (Wildman–Crippen MR) is 78.3 cm³/mol. The molecule has 0 unspecified atom stereocenters. The number of rotatable bonds is 3. The minimum atomic E-state index is 0.842. The van der Waals surface area contributed by atoms with Crippen LogP contribution in [0.25, 0.3) is 0 Å². The van der Waals surface area contributed by atoms with Crippen LogP contribution in [0.15, 0.2) is 42.6 Å². The molecule has 0 radical (unpaired) electrons. The summed E-state index contributed by atoms with van der Waals surface area (Å²) in [6.45, 7) is 2.78. The van der Waals surface area contributed by atoms with Gasteiger partial charge >= 0.3 is 0 Å². The lowest BCUT2D eigenvalue weighted by Gasteiger charge is -2.29. The fourth-order valence-corrected chi connectivity index (χ4v) is 2.58. The van der Waals surface area contributed by atoms with E-state index in [-0.39, 0.29) is 0 Å². The van der Waals surface area contributed by atoms with Crippen molar-refractivity contribution < 1.29 is 0 Å². The number of anilines is 1. The molecule has 0 amide bonds. The Morgan fingerprint density at radius 1 is 1.21 bits per heavy atom. The van der Waals surface area contributed by atoms with Crippen LogP contribution in [0.4, 0.5) is 5.82 Å². The van der Waals surface area contributed by atoms with Crippen molar-refractivity contribution in [2.45, 2.75) is 13.0 Å². The van der Waals surface area contributed by atoms with Crippen LogP contribution in [0.5, 0.6) is 0 Å². The smallest absolute Gasteiger partial charge is 0.131 e. The van der Waals surface area contributed by atoms with E-state index in [0.29, 0.717) is 0 Å². The average Bonchev–Trinajstić information content (AvgIpc) is 2.46. The van der Waals surface area contributed by atoms with Gasteiger partial charge < -0.3 is 5.32 Å². The van der Waals surface area contributed by atoms with E-state index in [1.165, 1.54) is 11.1 Å². The van der Waals surface area contributed by atoms with Crippen molar-refractivity contribution in [2.75, 3.05) is 18.5 Å². The summed E-state index contributed by atoms with van der Waals surface area (Å²) >= 11 is 6.18. The maximum atomic E-state index is 6.18. The first kappa shape index (κ1) is 12.5. The van der Waals surface area contributed by atoms with Gasteiger partial charge in [-0.05, 0) is 24.1 Å². The van der Waals surface area contributed by atoms with E-state index in [9.17, 15) is 0 Å². The molecule has 1 aliphatic rings. The maximum absolute atomic E-state index is 6.18. The predicted octanol–water partition coefficient (Wildman–Crippen LogP) is 3.16. The summed E-state index contributed by atoms with van der Waals surface area (Å²) in [6, 6.07) is 12.2. The quantitative estimate of drug-likeness (QED) is 0.931. The molecule has 3 nitrogen and oxygen atoms in total. The highest BCUT2D eigenvalue weighted by atomic mass is 35.5. The van der Waals surface area contributed by atoms with Crippen LogP contribution in [0.1, 0.15) is 11.1 Å². The number of fused-ring (bicyclic) bond motifs is 1. The SMILES string of the molecule is Clc1ccccc1CCN1CNc2ncccc2C1. The molecule has 19 heavy (non-hydrogen) atoms. The van der Waals surface area contributed by atoms with E-state index in [1.807, 2.05) is 30.5 Å². The third-order valence-corrected chi connectivity index (χ3v) is 3.78. The normalized spacial score (nSPS) is 14.8. The molecule has 0 spiro atoms. The summed E-state index contributed by atoms with van der Waals surface area (Å²) in [4.78, 5) is 6.70. The van der Waals surface area contributed by atoms with Crippen LogP contribution in [0, 0.1) is 0 Å². The number of pyridine rings is 1. The van der Waals surface area contributed by atoms with Gasteiger partial charge in [0.25, 0.3) is 0 Å². The number of aromatic nitrogens is 1. The molecule has 0 bridgehead atoms. The molecule has 0 atom stereocenters. The molecule has 1 aliphatic heterocycles. The molecule has 0 fully saturated rings. The summed E-state index contributed by atoms with van der Waals surface area (Å²) in [7, 11) is 0. The molecule has 1 aromatic carbocycles. The van der Waals surface area contributed by atoms with Gasteiger partial charge in [-0.1, -0.05) is 35.9 Å². The second-order valence-corrected chi connectivity index (χ2v) is 5.15. The van der Waals surface area contributed by atoms with Crippen molar-refractivity contribution in [1.29, 1.82) is 0 Å². The minimum absolute atomic E-state index is 0.842. The van der Waals surface area contributed by atoms with Crippen molar-refractivity contribution in [1.82, 2.24) is 9.88 Å². The number of benzene rings is 1. The molecule has 0 saturated carbocycles. The van der Waals surface area contributed by atoms with E-state index in [4.69, 9.17) is 11.6 Å². The van der Waals surface area contributed by atoms with Gasteiger partial charge in [-0.3, -0.25) is 4.90 Å². The number of nitrogens with zero attached hydrogens (tertiary/aromatic N) is 2. The van der Waals surface area contributed by atoms with E-state index >= 15 is 0 Å². The third-order valence-electron chi connectivity index (χ3n) is 3.41. The van der Waals surface area contributed by atoms with Crippen LogP contribution in [0.2, 0.25) is 5.02 Å². The van der Waals surface area contributed by atoms with Crippen molar-refractivity contribution >= 4 is 17.4 Å². The minimum Gasteiger partial charge on any atom is -0.357 e. The molecule has 0 aliphatic carbocycles. The molecule has 0 saturated heterocycles. The number of hydrogen-bond acceptors (Lipinski definition) is 3.